The Labute approximate surface area is 119 Å². The van der Waals surface area contributed by atoms with Crippen LogP contribution in [-0.2, 0) is 0 Å². The predicted octanol–water partition coefficient (Wildman–Crippen LogP) is 2.16. The lowest BCUT2D eigenvalue weighted by Crippen LogP contribution is -2.60. The molecule has 1 saturated heterocycles. The molecule has 3 unspecified atom stereocenters. The monoisotopic (exact) mass is 267 g/mol. The molecule has 0 bridgehead atoms. The van der Waals surface area contributed by atoms with Crippen molar-refractivity contribution in [2.24, 2.45) is 17.6 Å². The molecule has 0 radical (unpaired) electrons. The fourth-order valence-electron chi connectivity index (χ4n) is 4.03. The van der Waals surface area contributed by atoms with E-state index in [0.29, 0.717) is 18.1 Å². The molecule has 0 spiro atoms. The van der Waals surface area contributed by atoms with Gasteiger partial charge in [-0.25, -0.2) is 0 Å². The Morgan fingerprint density at radius 2 is 1.53 bits per heavy atom. The number of hydrogen-bond acceptors (Lipinski definition) is 3. The van der Waals surface area contributed by atoms with E-state index >= 15 is 0 Å². The molecular formula is C16H33N3. The second kappa shape index (κ2) is 6.55. The van der Waals surface area contributed by atoms with Crippen LogP contribution in [0.1, 0.15) is 46.5 Å². The van der Waals surface area contributed by atoms with Crippen molar-refractivity contribution in [3.05, 3.63) is 0 Å². The van der Waals surface area contributed by atoms with Crippen LogP contribution in [0.3, 0.4) is 0 Å². The van der Waals surface area contributed by atoms with Crippen LogP contribution in [0.15, 0.2) is 0 Å². The summed E-state index contributed by atoms with van der Waals surface area (Å²) < 4.78 is 0. The molecule has 0 aromatic rings. The zero-order valence-electron chi connectivity index (χ0n) is 13.3. The smallest absolute Gasteiger partial charge is 0.0247 e. The van der Waals surface area contributed by atoms with Gasteiger partial charge in [0.15, 0.2) is 0 Å². The highest BCUT2D eigenvalue weighted by Crippen LogP contribution is 2.33. The molecule has 1 heterocycles. The molecule has 3 nitrogen and oxygen atoms in total. The molecule has 112 valence electrons. The zero-order valence-corrected chi connectivity index (χ0v) is 13.3. The third kappa shape index (κ3) is 3.50. The van der Waals surface area contributed by atoms with Gasteiger partial charge in [0.05, 0.1) is 0 Å². The van der Waals surface area contributed by atoms with E-state index in [1.54, 1.807) is 0 Å². The van der Waals surface area contributed by atoms with Gasteiger partial charge >= 0.3 is 0 Å². The summed E-state index contributed by atoms with van der Waals surface area (Å²) in [5.74, 6) is 1.77. The Kier molecular flexibility index (Phi) is 5.27. The van der Waals surface area contributed by atoms with Gasteiger partial charge < -0.3 is 5.73 Å². The maximum atomic E-state index is 6.14. The van der Waals surface area contributed by atoms with Crippen molar-refractivity contribution in [3.8, 4) is 0 Å². The lowest BCUT2D eigenvalue weighted by Gasteiger charge is -2.48. The summed E-state index contributed by atoms with van der Waals surface area (Å²) in [4.78, 5) is 5.20. The highest BCUT2D eigenvalue weighted by Gasteiger charge is 2.34. The Bertz CT molecular complexity index is 261. The van der Waals surface area contributed by atoms with Gasteiger partial charge in [0.1, 0.15) is 0 Å². The number of piperazine rings is 1. The number of likely N-dealkylation sites (N-methyl/N-ethyl adjacent to an activating group) is 1. The molecule has 3 heteroatoms. The highest BCUT2D eigenvalue weighted by atomic mass is 15.3. The molecular weight excluding hydrogens is 234 g/mol. The van der Waals surface area contributed by atoms with Crippen molar-refractivity contribution in [2.45, 2.75) is 64.6 Å². The minimum Gasteiger partial charge on any atom is -0.329 e. The molecule has 1 aliphatic carbocycles. The standard InChI is InChI=1S/C16H33N3/c1-12-5-7-15(8-6-12)16(9-17)19-10-13(2)18(4)14(3)11-19/h12-16H,5-11,17H2,1-4H3. The number of nitrogens with two attached hydrogens (primary N) is 1. The maximum absolute atomic E-state index is 6.14. The zero-order chi connectivity index (χ0) is 14.0. The second-order valence-corrected chi connectivity index (χ2v) is 7.14. The van der Waals surface area contributed by atoms with E-state index in [2.05, 4.69) is 37.6 Å². The van der Waals surface area contributed by atoms with E-state index < -0.39 is 0 Å². The van der Waals surface area contributed by atoms with Gasteiger partial charge in [-0.3, -0.25) is 9.80 Å². The molecule has 19 heavy (non-hydrogen) atoms. The fourth-order valence-corrected chi connectivity index (χ4v) is 4.03. The van der Waals surface area contributed by atoms with Gasteiger partial charge in [-0.15, -0.1) is 0 Å². The second-order valence-electron chi connectivity index (χ2n) is 7.14. The minimum absolute atomic E-state index is 0.617. The van der Waals surface area contributed by atoms with Gasteiger partial charge in [0.2, 0.25) is 0 Å². The van der Waals surface area contributed by atoms with Crippen LogP contribution < -0.4 is 5.73 Å². The topological polar surface area (TPSA) is 32.5 Å². The Balaban J connectivity index is 1.97. The van der Waals surface area contributed by atoms with E-state index in [9.17, 15) is 0 Å². The van der Waals surface area contributed by atoms with Crippen molar-refractivity contribution >= 4 is 0 Å². The molecule has 1 saturated carbocycles. The maximum Gasteiger partial charge on any atom is 0.0247 e. The third-order valence-electron chi connectivity index (χ3n) is 5.70. The third-order valence-corrected chi connectivity index (χ3v) is 5.70. The first-order valence-electron chi connectivity index (χ1n) is 8.19. The molecule has 1 aliphatic heterocycles. The fraction of sp³-hybridized carbons (Fsp3) is 1.00. The van der Waals surface area contributed by atoms with Gasteiger partial charge in [-0.1, -0.05) is 19.8 Å². The average molecular weight is 267 g/mol. The van der Waals surface area contributed by atoms with Crippen molar-refractivity contribution in [2.75, 3.05) is 26.7 Å². The van der Waals surface area contributed by atoms with Crippen LogP contribution >= 0.6 is 0 Å². The van der Waals surface area contributed by atoms with Crippen molar-refractivity contribution in [1.29, 1.82) is 0 Å². The van der Waals surface area contributed by atoms with Crippen molar-refractivity contribution < 1.29 is 0 Å². The van der Waals surface area contributed by atoms with Crippen LogP contribution in [0.2, 0.25) is 0 Å². The number of nitrogens with zero attached hydrogens (tertiary/aromatic N) is 2. The van der Waals surface area contributed by atoms with Crippen LogP contribution in [0.25, 0.3) is 0 Å². The van der Waals surface area contributed by atoms with E-state index in [1.807, 2.05) is 0 Å². The summed E-state index contributed by atoms with van der Waals surface area (Å²) in [5.41, 5.74) is 6.14. The first-order chi connectivity index (χ1) is 9.02. The predicted molar refractivity (Wildman–Crippen MR) is 82.2 cm³/mol. The first-order valence-corrected chi connectivity index (χ1v) is 8.19. The molecule has 2 N–H and O–H groups in total. The van der Waals surface area contributed by atoms with Crippen LogP contribution in [0.4, 0.5) is 0 Å². The Morgan fingerprint density at radius 1 is 1.00 bits per heavy atom. The van der Waals surface area contributed by atoms with E-state index in [-0.39, 0.29) is 0 Å². The normalized spacial score (nSPS) is 40.3. The lowest BCUT2D eigenvalue weighted by atomic mass is 9.78. The highest BCUT2D eigenvalue weighted by molar-refractivity contribution is 4.90. The molecule has 2 fully saturated rings. The summed E-state index contributed by atoms with van der Waals surface area (Å²) in [6.07, 6.45) is 5.58. The summed E-state index contributed by atoms with van der Waals surface area (Å²) in [7, 11) is 2.26. The molecule has 0 aromatic heterocycles. The molecule has 2 rings (SSSR count). The molecule has 0 aromatic carbocycles. The van der Waals surface area contributed by atoms with Crippen molar-refractivity contribution in [1.82, 2.24) is 9.80 Å². The summed E-state index contributed by atoms with van der Waals surface area (Å²) in [6.45, 7) is 10.3. The summed E-state index contributed by atoms with van der Waals surface area (Å²) in [5, 5.41) is 0. The van der Waals surface area contributed by atoms with Crippen LogP contribution in [0, 0.1) is 11.8 Å². The van der Waals surface area contributed by atoms with E-state index in [0.717, 1.165) is 18.4 Å². The van der Waals surface area contributed by atoms with Crippen LogP contribution in [0.5, 0.6) is 0 Å². The van der Waals surface area contributed by atoms with E-state index in [4.69, 9.17) is 5.73 Å². The van der Waals surface area contributed by atoms with Gasteiger partial charge in [0, 0.05) is 37.8 Å². The van der Waals surface area contributed by atoms with Crippen molar-refractivity contribution in [3.63, 3.8) is 0 Å². The number of rotatable bonds is 3. The largest absolute Gasteiger partial charge is 0.329 e. The Morgan fingerprint density at radius 3 is 2.00 bits per heavy atom. The quantitative estimate of drug-likeness (QED) is 0.850. The Hall–Kier alpha value is -0.120. The van der Waals surface area contributed by atoms with Crippen LogP contribution in [-0.4, -0.2) is 54.6 Å². The summed E-state index contributed by atoms with van der Waals surface area (Å²) in [6, 6.07) is 1.92. The van der Waals surface area contributed by atoms with Gasteiger partial charge in [-0.05, 0) is 45.6 Å². The lowest BCUT2D eigenvalue weighted by molar-refractivity contribution is 0.0107. The van der Waals surface area contributed by atoms with E-state index in [1.165, 1.54) is 38.8 Å². The number of hydrogen-bond donors (Lipinski definition) is 1. The SMILES string of the molecule is CC1CCC(C(CN)N2CC(C)N(C)C(C)C2)CC1. The van der Waals surface area contributed by atoms with Gasteiger partial charge in [-0.2, -0.15) is 0 Å². The molecule has 0 amide bonds. The average Bonchev–Trinajstić information content (AvgIpc) is 2.39. The molecule has 2 aliphatic rings. The molecule has 3 atom stereocenters. The van der Waals surface area contributed by atoms with Gasteiger partial charge in [0.25, 0.3) is 0 Å². The minimum atomic E-state index is 0.617. The summed E-state index contributed by atoms with van der Waals surface area (Å²) >= 11 is 0. The first kappa shape index (κ1) is 15.3.